The van der Waals surface area contributed by atoms with Crippen molar-refractivity contribution in [3.63, 3.8) is 0 Å². The number of hydrogen-bond acceptors (Lipinski definition) is 3. The van der Waals surface area contributed by atoms with Crippen LogP contribution < -0.4 is 11.5 Å². The van der Waals surface area contributed by atoms with Crippen LogP contribution >= 0.6 is 11.8 Å². The maximum atomic E-state index is 5.70. The molecule has 0 amide bonds. The first-order valence-corrected chi connectivity index (χ1v) is 5.33. The maximum Gasteiger partial charge on any atom is 0.0559 e. The second-order valence-electron chi connectivity index (χ2n) is 3.13. The normalized spacial score (nSPS) is 12.8. The molecule has 0 saturated carbocycles. The average molecular weight is 196 g/mol. The van der Waals surface area contributed by atoms with Gasteiger partial charge in [0.25, 0.3) is 0 Å². The molecule has 1 unspecified atom stereocenters. The van der Waals surface area contributed by atoms with E-state index in [0.29, 0.717) is 16.6 Å². The molecule has 0 bridgehead atoms. The topological polar surface area (TPSA) is 52.0 Å². The van der Waals surface area contributed by atoms with Gasteiger partial charge in [0, 0.05) is 10.1 Å². The Morgan fingerprint density at radius 3 is 2.54 bits per heavy atom. The van der Waals surface area contributed by atoms with Gasteiger partial charge >= 0.3 is 0 Å². The molecule has 72 valence electrons. The lowest BCUT2D eigenvalue weighted by Crippen LogP contribution is -1.96. The van der Waals surface area contributed by atoms with Crippen molar-refractivity contribution in [3.8, 4) is 0 Å². The average Bonchev–Trinajstić information content (AvgIpc) is 2.11. The Kier molecular flexibility index (Phi) is 3.48. The molecule has 0 aliphatic heterocycles. The minimum absolute atomic E-state index is 0.628. The second kappa shape index (κ2) is 4.42. The first-order chi connectivity index (χ1) is 6.13. The molecule has 0 radical (unpaired) electrons. The van der Waals surface area contributed by atoms with Crippen molar-refractivity contribution in [3.05, 3.63) is 18.2 Å². The van der Waals surface area contributed by atoms with Gasteiger partial charge < -0.3 is 11.5 Å². The van der Waals surface area contributed by atoms with Gasteiger partial charge in [0.2, 0.25) is 0 Å². The van der Waals surface area contributed by atoms with Gasteiger partial charge in [0.15, 0.2) is 0 Å². The fraction of sp³-hybridized carbons (Fsp3) is 0.400. The molecule has 1 atom stereocenters. The first-order valence-electron chi connectivity index (χ1n) is 4.45. The van der Waals surface area contributed by atoms with Crippen LogP contribution in [0.1, 0.15) is 20.3 Å². The van der Waals surface area contributed by atoms with E-state index < -0.39 is 0 Å². The van der Waals surface area contributed by atoms with Crippen molar-refractivity contribution < 1.29 is 0 Å². The van der Waals surface area contributed by atoms with Crippen LogP contribution in [0.4, 0.5) is 11.4 Å². The minimum atomic E-state index is 0.628. The van der Waals surface area contributed by atoms with Crippen LogP contribution in [0.5, 0.6) is 0 Å². The highest BCUT2D eigenvalue weighted by molar-refractivity contribution is 7.99. The zero-order valence-electron chi connectivity index (χ0n) is 8.08. The summed E-state index contributed by atoms with van der Waals surface area (Å²) in [5.41, 5.74) is 12.7. The van der Waals surface area contributed by atoms with E-state index in [1.165, 1.54) is 4.90 Å². The fourth-order valence-electron chi connectivity index (χ4n) is 0.942. The molecule has 1 aromatic rings. The number of anilines is 2. The first kappa shape index (κ1) is 10.3. The summed E-state index contributed by atoms with van der Waals surface area (Å²) in [5.74, 6) is 0. The number of rotatable bonds is 3. The zero-order chi connectivity index (χ0) is 9.84. The molecule has 0 spiro atoms. The van der Waals surface area contributed by atoms with Crippen LogP contribution in [0.25, 0.3) is 0 Å². The number of benzene rings is 1. The minimum Gasteiger partial charge on any atom is -0.397 e. The summed E-state index contributed by atoms with van der Waals surface area (Å²) in [6.07, 6.45) is 1.16. The molecular weight excluding hydrogens is 180 g/mol. The van der Waals surface area contributed by atoms with E-state index in [2.05, 4.69) is 13.8 Å². The lowest BCUT2D eigenvalue weighted by Gasteiger charge is -2.09. The lowest BCUT2D eigenvalue weighted by atomic mass is 10.3. The smallest absolute Gasteiger partial charge is 0.0559 e. The third-order valence-corrected chi connectivity index (χ3v) is 3.23. The highest BCUT2D eigenvalue weighted by atomic mass is 32.2. The van der Waals surface area contributed by atoms with Gasteiger partial charge in [-0.1, -0.05) is 13.8 Å². The Hall–Kier alpha value is -0.830. The maximum absolute atomic E-state index is 5.70. The fourth-order valence-corrected chi connectivity index (χ4v) is 1.91. The summed E-state index contributed by atoms with van der Waals surface area (Å²) in [4.78, 5) is 1.20. The number of nitrogen functional groups attached to an aromatic ring is 2. The summed E-state index contributed by atoms with van der Waals surface area (Å²) < 4.78 is 0. The summed E-state index contributed by atoms with van der Waals surface area (Å²) in [6.45, 7) is 4.38. The molecule has 0 aliphatic rings. The van der Waals surface area contributed by atoms with E-state index in [0.717, 1.165) is 6.42 Å². The molecule has 1 aromatic carbocycles. The van der Waals surface area contributed by atoms with Crippen molar-refractivity contribution in [2.24, 2.45) is 0 Å². The summed E-state index contributed by atoms with van der Waals surface area (Å²) >= 11 is 1.83. The van der Waals surface area contributed by atoms with Gasteiger partial charge in [-0.3, -0.25) is 0 Å². The third-order valence-electron chi connectivity index (χ3n) is 1.97. The quantitative estimate of drug-likeness (QED) is 0.577. The van der Waals surface area contributed by atoms with Gasteiger partial charge in [0.1, 0.15) is 0 Å². The molecular formula is C10H16N2S. The highest BCUT2D eigenvalue weighted by Gasteiger charge is 2.02. The van der Waals surface area contributed by atoms with Crippen molar-refractivity contribution in [2.45, 2.75) is 30.4 Å². The van der Waals surface area contributed by atoms with Gasteiger partial charge in [-0.15, -0.1) is 11.8 Å². The Morgan fingerprint density at radius 1 is 1.31 bits per heavy atom. The largest absolute Gasteiger partial charge is 0.397 e. The molecule has 0 aliphatic carbocycles. The molecule has 4 N–H and O–H groups in total. The molecule has 3 heteroatoms. The summed E-state index contributed by atoms with van der Waals surface area (Å²) in [7, 11) is 0. The van der Waals surface area contributed by atoms with Gasteiger partial charge in [-0.25, -0.2) is 0 Å². The monoisotopic (exact) mass is 196 g/mol. The second-order valence-corrected chi connectivity index (χ2v) is 4.64. The third kappa shape index (κ3) is 2.84. The highest BCUT2D eigenvalue weighted by Crippen LogP contribution is 2.28. The van der Waals surface area contributed by atoms with Crippen molar-refractivity contribution >= 4 is 23.1 Å². The molecule has 0 aromatic heterocycles. The molecule has 2 nitrogen and oxygen atoms in total. The number of nitrogens with two attached hydrogens (primary N) is 2. The number of hydrogen-bond donors (Lipinski definition) is 2. The van der Waals surface area contributed by atoms with E-state index in [4.69, 9.17) is 11.5 Å². The molecule has 1 rings (SSSR count). The van der Waals surface area contributed by atoms with E-state index in [-0.39, 0.29) is 0 Å². The number of thioether (sulfide) groups is 1. The van der Waals surface area contributed by atoms with Crippen molar-refractivity contribution in [1.82, 2.24) is 0 Å². The Bertz CT molecular complexity index is 286. The zero-order valence-corrected chi connectivity index (χ0v) is 8.90. The van der Waals surface area contributed by atoms with Crippen LogP contribution in [-0.4, -0.2) is 5.25 Å². The molecule has 13 heavy (non-hydrogen) atoms. The van der Waals surface area contributed by atoms with Gasteiger partial charge in [-0.05, 0) is 24.6 Å². The van der Waals surface area contributed by atoms with Crippen LogP contribution in [0, 0.1) is 0 Å². The van der Waals surface area contributed by atoms with Crippen LogP contribution in [0.15, 0.2) is 23.1 Å². The van der Waals surface area contributed by atoms with E-state index in [1.54, 1.807) is 0 Å². The SMILES string of the molecule is CCC(C)Sc1ccc(N)c(N)c1. The predicted octanol–water partition coefficient (Wildman–Crippen LogP) is 2.74. The molecule has 0 fully saturated rings. The van der Waals surface area contributed by atoms with Crippen LogP contribution in [0.3, 0.4) is 0 Å². The van der Waals surface area contributed by atoms with Crippen LogP contribution in [0.2, 0.25) is 0 Å². The summed E-state index contributed by atoms with van der Waals surface area (Å²) in [6, 6.07) is 5.81. The predicted molar refractivity (Wildman–Crippen MR) is 60.9 cm³/mol. The molecule has 0 saturated heterocycles. The van der Waals surface area contributed by atoms with Gasteiger partial charge in [-0.2, -0.15) is 0 Å². The Morgan fingerprint density at radius 2 is 2.00 bits per heavy atom. The lowest BCUT2D eigenvalue weighted by molar-refractivity contribution is 0.906. The Labute approximate surface area is 83.7 Å². The van der Waals surface area contributed by atoms with Crippen molar-refractivity contribution in [2.75, 3.05) is 11.5 Å². The Balaban J connectivity index is 2.73. The van der Waals surface area contributed by atoms with Crippen molar-refractivity contribution in [1.29, 1.82) is 0 Å². The summed E-state index contributed by atoms with van der Waals surface area (Å²) in [5, 5.41) is 0.628. The van der Waals surface area contributed by atoms with E-state index in [9.17, 15) is 0 Å². The van der Waals surface area contributed by atoms with Gasteiger partial charge in [0.05, 0.1) is 11.4 Å². The van der Waals surface area contributed by atoms with Crippen LogP contribution in [-0.2, 0) is 0 Å². The van der Waals surface area contributed by atoms with E-state index >= 15 is 0 Å². The standard InChI is InChI=1S/C10H16N2S/c1-3-7(2)13-8-4-5-9(11)10(12)6-8/h4-7H,3,11-12H2,1-2H3. The van der Waals surface area contributed by atoms with E-state index in [1.807, 2.05) is 30.0 Å². The molecule has 0 heterocycles.